The van der Waals surface area contributed by atoms with Crippen LogP contribution in [0, 0.1) is 0 Å². The van der Waals surface area contributed by atoms with Crippen molar-refractivity contribution in [3.05, 3.63) is 56.7 Å². The Morgan fingerprint density at radius 2 is 1.73 bits per heavy atom. The monoisotopic (exact) mass is 450 g/mol. The van der Waals surface area contributed by atoms with Crippen molar-refractivity contribution >= 4 is 46.5 Å². The van der Waals surface area contributed by atoms with Crippen LogP contribution in [0.4, 0.5) is 0 Å². The van der Waals surface area contributed by atoms with Crippen molar-refractivity contribution in [3.8, 4) is 0 Å². The Morgan fingerprint density at radius 3 is 2.43 bits per heavy atom. The lowest BCUT2D eigenvalue weighted by Crippen LogP contribution is -2.25. The van der Waals surface area contributed by atoms with Crippen molar-refractivity contribution in [3.63, 3.8) is 0 Å². The minimum Gasteiger partial charge on any atom is -0.457 e. The summed E-state index contributed by atoms with van der Waals surface area (Å²) in [5.74, 6) is -1.11. The van der Waals surface area contributed by atoms with E-state index < -0.39 is 5.97 Å². The van der Waals surface area contributed by atoms with Crippen molar-refractivity contribution in [1.82, 2.24) is 10.6 Å². The normalized spacial score (nSPS) is 10.3. The average Bonchev–Trinajstić information content (AvgIpc) is 3.18. The molecule has 0 atom stereocenters. The van der Waals surface area contributed by atoms with Gasteiger partial charge in [-0.2, -0.15) is 0 Å². The molecule has 0 bridgehead atoms. The molecule has 0 unspecified atom stereocenters. The maximum Gasteiger partial charge on any atom is 0.306 e. The van der Waals surface area contributed by atoms with E-state index in [4.69, 9.17) is 16.3 Å². The fraction of sp³-hybridized carbons (Fsp3) is 0.333. The van der Waals surface area contributed by atoms with Crippen molar-refractivity contribution in [2.24, 2.45) is 0 Å². The number of esters is 1. The van der Waals surface area contributed by atoms with Crippen LogP contribution in [0.3, 0.4) is 0 Å². The molecule has 0 aliphatic carbocycles. The smallest absolute Gasteiger partial charge is 0.306 e. The van der Waals surface area contributed by atoms with Gasteiger partial charge in [0, 0.05) is 41.9 Å². The number of carbonyl (C=O) groups excluding carboxylic acids is 4. The lowest BCUT2D eigenvalue weighted by atomic mass is 10.2. The second kappa shape index (κ2) is 12.1. The van der Waals surface area contributed by atoms with E-state index in [-0.39, 0.29) is 30.6 Å². The summed E-state index contributed by atoms with van der Waals surface area (Å²) in [6.45, 7) is 1.95. The number of Topliss-reactive ketones (excluding diaryl/α,β-unsaturated/α-hetero) is 1. The van der Waals surface area contributed by atoms with Crippen LogP contribution in [0.2, 0.25) is 5.02 Å². The molecule has 2 amide bonds. The van der Waals surface area contributed by atoms with Crippen molar-refractivity contribution in [2.45, 2.75) is 26.2 Å². The zero-order valence-electron chi connectivity index (χ0n) is 16.5. The number of hydrogen-bond acceptors (Lipinski definition) is 6. The molecule has 7 nitrogen and oxygen atoms in total. The molecule has 1 aromatic heterocycles. The second-order valence-electron chi connectivity index (χ2n) is 6.45. The highest BCUT2D eigenvalue weighted by Crippen LogP contribution is 2.17. The SMILES string of the molecule is CC(=O)NCCc1ccc(C(=O)COC(=O)CCCNC(=O)c2ccc(Cl)cc2)s1. The Balaban J connectivity index is 1.62. The number of carbonyl (C=O) groups is 4. The van der Waals surface area contributed by atoms with Crippen LogP contribution >= 0.6 is 22.9 Å². The van der Waals surface area contributed by atoms with Gasteiger partial charge in [-0.3, -0.25) is 19.2 Å². The fourth-order valence-electron chi connectivity index (χ4n) is 2.45. The van der Waals surface area contributed by atoms with Crippen LogP contribution in [-0.2, 0) is 20.7 Å². The summed E-state index contributed by atoms with van der Waals surface area (Å²) in [6, 6.07) is 10.0. The van der Waals surface area contributed by atoms with Crippen LogP contribution in [0.25, 0.3) is 0 Å². The van der Waals surface area contributed by atoms with Crippen LogP contribution < -0.4 is 10.6 Å². The van der Waals surface area contributed by atoms with Gasteiger partial charge in [0.2, 0.25) is 11.7 Å². The third-order valence-electron chi connectivity index (χ3n) is 4.00. The lowest BCUT2D eigenvalue weighted by Gasteiger charge is -2.06. The number of halogens is 1. The summed E-state index contributed by atoms with van der Waals surface area (Å²) in [5, 5.41) is 5.96. The highest BCUT2D eigenvalue weighted by atomic mass is 35.5. The van der Waals surface area contributed by atoms with Crippen LogP contribution in [0.1, 0.15) is 44.7 Å². The number of hydrogen-bond donors (Lipinski definition) is 2. The Kier molecular flexibility index (Phi) is 9.50. The van der Waals surface area contributed by atoms with Gasteiger partial charge in [0.15, 0.2) is 6.61 Å². The van der Waals surface area contributed by atoms with Gasteiger partial charge < -0.3 is 15.4 Å². The van der Waals surface area contributed by atoms with Crippen molar-refractivity contribution in [1.29, 1.82) is 0 Å². The molecule has 0 aliphatic heterocycles. The average molecular weight is 451 g/mol. The van der Waals surface area contributed by atoms with E-state index >= 15 is 0 Å². The molecule has 0 saturated heterocycles. The third kappa shape index (κ3) is 8.34. The molecule has 2 rings (SSSR count). The summed E-state index contributed by atoms with van der Waals surface area (Å²) in [4.78, 5) is 48.2. The topological polar surface area (TPSA) is 102 Å². The molecule has 0 aliphatic rings. The van der Waals surface area contributed by atoms with Gasteiger partial charge in [-0.25, -0.2) is 0 Å². The number of amides is 2. The maximum atomic E-state index is 12.1. The van der Waals surface area contributed by atoms with E-state index in [1.165, 1.54) is 18.3 Å². The van der Waals surface area contributed by atoms with Crippen LogP contribution in [0.15, 0.2) is 36.4 Å². The van der Waals surface area contributed by atoms with E-state index in [0.717, 1.165) is 4.88 Å². The highest BCUT2D eigenvalue weighted by Gasteiger charge is 2.13. The predicted octanol–water partition coefficient (Wildman–Crippen LogP) is 3.02. The number of nitrogens with one attached hydrogen (secondary N) is 2. The van der Waals surface area contributed by atoms with Crippen molar-refractivity contribution < 1.29 is 23.9 Å². The molecule has 0 saturated carbocycles. The number of benzene rings is 1. The largest absolute Gasteiger partial charge is 0.457 e. The number of ether oxygens (including phenoxy) is 1. The zero-order valence-corrected chi connectivity index (χ0v) is 18.1. The summed E-state index contributed by atoms with van der Waals surface area (Å²) in [6.07, 6.45) is 1.14. The standard InChI is InChI=1S/C21H23ClN2O5S/c1-14(25)23-12-10-17-8-9-19(30-17)18(26)13-29-20(27)3-2-11-24-21(28)15-4-6-16(22)7-5-15/h4-9H,2-3,10-13H2,1H3,(H,23,25)(H,24,28). The summed E-state index contributed by atoms with van der Waals surface area (Å²) in [5.41, 5.74) is 0.486. The van der Waals surface area contributed by atoms with Gasteiger partial charge in [-0.05, 0) is 49.2 Å². The Morgan fingerprint density at radius 1 is 1.00 bits per heavy atom. The van der Waals surface area contributed by atoms with Gasteiger partial charge in [-0.15, -0.1) is 11.3 Å². The first kappa shape index (κ1) is 23.6. The second-order valence-corrected chi connectivity index (χ2v) is 8.05. The summed E-state index contributed by atoms with van der Waals surface area (Å²) >= 11 is 7.10. The first-order chi connectivity index (χ1) is 14.3. The Hall–Kier alpha value is -2.71. The molecular formula is C21H23ClN2O5S. The molecule has 1 heterocycles. The first-order valence-corrected chi connectivity index (χ1v) is 10.6. The molecule has 0 fully saturated rings. The molecule has 0 radical (unpaired) electrons. The van der Waals surface area contributed by atoms with Gasteiger partial charge in [0.05, 0.1) is 4.88 Å². The number of rotatable bonds is 11. The molecule has 30 heavy (non-hydrogen) atoms. The minimum absolute atomic E-state index is 0.0978. The van der Waals surface area contributed by atoms with E-state index in [1.54, 1.807) is 30.3 Å². The van der Waals surface area contributed by atoms with Crippen LogP contribution in [0.5, 0.6) is 0 Å². The van der Waals surface area contributed by atoms with E-state index in [0.29, 0.717) is 41.4 Å². The molecule has 0 spiro atoms. The minimum atomic E-state index is -0.494. The number of thiophene rings is 1. The Labute approximate surface area is 183 Å². The Bertz CT molecular complexity index is 895. The molecule has 9 heteroatoms. The zero-order chi connectivity index (χ0) is 21.9. The fourth-order valence-corrected chi connectivity index (χ4v) is 3.51. The van der Waals surface area contributed by atoms with Crippen LogP contribution in [-0.4, -0.2) is 43.3 Å². The van der Waals surface area contributed by atoms with Gasteiger partial charge in [0.1, 0.15) is 0 Å². The predicted molar refractivity (Wildman–Crippen MR) is 115 cm³/mol. The quantitative estimate of drug-likeness (QED) is 0.311. The molecule has 1 aromatic carbocycles. The molecule has 2 aromatic rings. The third-order valence-corrected chi connectivity index (χ3v) is 5.43. The molecule has 160 valence electrons. The van der Waals surface area contributed by atoms with Gasteiger partial charge in [0.25, 0.3) is 5.91 Å². The lowest BCUT2D eigenvalue weighted by molar-refractivity contribution is -0.142. The summed E-state index contributed by atoms with van der Waals surface area (Å²) < 4.78 is 5.02. The highest BCUT2D eigenvalue weighted by molar-refractivity contribution is 7.14. The van der Waals surface area contributed by atoms with E-state index in [9.17, 15) is 19.2 Å². The van der Waals surface area contributed by atoms with E-state index in [1.807, 2.05) is 6.07 Å². The van der Waals surface area contributed by atoms with E-state index in [2.05, 4.69) is 10.6 Å². The number of ketones is 1. The maximum absolute atomic E-state index is 12.1. The first-order valence-electron chi connectivity index (χ1n) is 9.41. The molecule has 2 N–H and O–H groups in total. The molecular weight excluding hydrogens is 428 g/mol. The summed E-state index contributed by atoms with van der Waals surface area (Å²) in [7, 11) is 0. The van der Waals surface area contributed by atoms with Gasteiger partial charge in [-0.1, -0.05) is 11.6 Å². The van der Waals surface area contributed by atoms with Crippen molar-refractivity contribution in [2.75, 3.05) is 19.7 Å². The van der Waals surface area contributed by atoms with Gasteiger partial charge >= 0.3 is 5.97 Å².